The zero-order valence-corrected chi connectivity index (χ0v) is 11.4. The first-order chi connectivity index (χ1) is 8.81. The number of fused-ring (bicyclic) bond motifs is 2. The van der Waals surface area contributed by atoms with E-state index in [0.717, 1.165) is 12.8 Å². The van der Waals surface area contributed by atoms with Crippen molar-refractivity contribution in [3.63, 3.8) is 0 Å². The van der Waals surface area contributed by atoms with Gasteiger partial charge >= 0.3 is 11.9 Å². The molecule has 104 valence electrons. The number of aliphatic carboxylic acids is 1. The van der Waals surface area contributed by atoms with E-state index >= 15 is 0 Å². The predicted molar refractivity (Wildman–Crippen MR) is 68.3 cm³/mol. The molecule has 0 aromatic carbocycles. The fraction of sp³-hybridized carbons (Fsp3) is 0.733. The Kier molecular flexibility index (Phi) is 2.57. The summed E-state index contributed by atoms with van der Waals surface area (Å²) in [5, 5.41) is 9.24. The molecule has 1 aliphatic heterocycles. The lowest BCUT2D eigenvalue weighted by Crippen LogP contribution is -2.31. The van der Waals surface area contributed by atoms with Crippen molar-refractivity contribution in [3.05, 3.63) is 12.2 Å². The summed E-state index contributed by atoms with van der Waals surface area (Å²) in [7, 11) is 0. The van der Waals surface area contributed by atoms with Crippen molar-refractivity contribution in [3.8, 4) is 0 Å². The summed E-state index contributed by atoms with van der Waals surface area (Å²) in [5.41, 5.74) is -0.209. The van der Waals surface area contributed by atoms with Crippen LogP contribution in [0.25, 0.3) is 0 Å². The highest BCUT2D eigenvalue weighted by molar-refractivity contribution is 5.73. The summed E-state index contributed by atoms with van der Waals surface area (Å²) in [5.74, 6) is -0.917. The van der Waals surface area contributed by atoms with Crippen LogP contribution < -0.4 is 0 Å². The molecular formula is C15H20O4. The molecule has 2 fully saturated rings. The second kappa shape index (κ2) is 3.84. The van der Waals surface area contributed by atoms with Gasteiger partial charge in [-0.3, -0.25) is 9.59 Å². The van der Waals surface area contributed by atoms with Gasteiger partial charge in [-0.15, -0.1) is 0 Å². The fourth-order valence-corrected chi connectivity index (χ4v) is 3.99. The van der Waals surface area contributed by atoms with Crippen molar-refractivity contribution in [1.82, 2.24) is 0 Å². The average molecular weight is 264 g/mol. The first kappa shape index (κ1) is 12.7. The summed E-state index contributed by atoms with van der Waals surface area (Å²) in [6.45, 7) is 4.11. The zero-order chi connectivity index (χ0) is 13.8. The number of hydrogen-bond donors (Lipinski definition) is 1. The quantitative estimate of drug-likeness (QED) is 0.628. The third kappa shape index (κ3) is 1.97. The number of esters is 1. The third-order valence-electron chi connectivity index (χ3n) is 5.14. The first-order valence-corrected chi connectivity index (χ1v) is 6.93. The van der Waals surface area contributed by atoms with Crippen LogP contribution in [0.1, 0.15) is 39.5 Å². The van der Waals surface area contributed by atoms with Gasteiger partial charge in [0.2, 0.25) is 0 Å². The highest BCUT2D eigenvalue weighted by atomic mass is 16.6. The molecule has 0 amide bonds. The maximum Gasteiger partial charge on any atom is 0.307 e. The molecule has 1 N–H and O–H groups in total. The number of carboxylic acids is 1. The molecule has 0 aromatic heterocycles. The Morgan fingerprint density at radius 1 is 1.47 bits per heavy atom. The molecule has 1 saturated carbocycles. The van der Waals surface area contributed by atoms with Crippen molar-refractivity contribution in [2.75, 3.05) is 0 Å². The summed E-state index contributed by atoms with van der Waals surface area (Å²) >= 11 is 0. The molecular weight excluding hydrogens is 244 g/mol. The molecule has 3 rings (SSSR count). The van der Waals surface area contributed by atoms with E-state index in [1.165, 1.54) is 0 Å². The third-order valence-corrected chi connectivity index (χ3v) is 5.14. The van der Waals surface area contributed by atoms with Gasteiger partial charge in [0.25, 0.3) is 0 Å². The molecule has 4 nitrogen and oxygen atoms in total. The number of ether oxygens (including phenoxy) is 1. The molecule has 4 heteroatoms. The van der Waals surface area contributed by atoms with Crippen LogP contribution in [0.15, 0.2) is 12.2 Å². The lowest BCUT2D eigenvalue weighted by molar-refractivity contribution is -0.144. The van der Waals surface area contributed by atoms with E-state index in [1.807, 2.05) is 6.08 Å². The molecule has 19 heavy (non-hydrogen) atoms. The maximum atomic E-state index is 11.5. The van der Waals surface area contributed by atoms with Gasteiger partial charge in [0.1, 0.15) is 6.10 Å². The summed E-state index contributed by atoms with van der Waals surface area (Å²) in [4.78, 5) is 22.7. The monoisotopic (exact) mass is 264 g/mol. The highest BCUT2D eigenvalue weighted by Gasteiger charge is 2.53. The topological polar surface area (TPSA) is 63.6 Å². The van der Waals surface area contributed by atoms with Crippen LogP contribution in [0, 0.1) is 22.7 Å². The molecule has 1 saturated heterocycles. The number of rotatable bonds is 3. The van der Waals surface area contributed by atoms with Crippen molar-refractivity contribution >= 4 is 11.9 Å². The Hall–Kier alpha value is -1.32. The lowest BCUT2D eigenvalue weighted by Gasteiger charge is -2.32. The second-order valence-electron chi connectivity index (χ2n) is 7.09. The standard InChI is InChI=1S/C15H20O4/c1-14(2)8-12(16)19-11(14)7-15-4-3-9(5-15)10(6-15)13(17)18/h3-4,9-11H,5-8H2,1-2H3,(H,17,18). The average Bonchev–Trinajstić information content (AvgIpc) is 2.90. The lowest BCUT2D eigenvalue weighted by atomic mass is 9.73. The van der Waals surface area contributed by atoms with E-state index in [1.54, 1.807) is 0 Å². The van der Waals surface area contributed by atoms with Crippen molar-refractivity contribution < 1.29 is 19.4 Å². The number of allylic oxidation sites excluding steroid dienone is 2. The molecule has 4 unspecified atom stereocenters. The Labute approximate surface area is 112 Å². The van der Waals surface area contributed by atoms with Crippen LogP contribution in [0.3, 0.4) is 0 Å². The maximum absolute atomic E-state index is 11.5. The van der Waals surface area contributed by atoms with Gasteiger partial charge in [0.15, 0.2) is 0 Å². The SMILES string of the molecule is CC1(C)CC(=O)OC1CC12C=CC(C1)C(C(=O)O)C2. The van der Waals surface area contributed by atoms with Gasteiger partial charge in [0.05, 0.1) is 12.3 Å². The highest BCUT2D eigenvalue weighted by Crippen LogP contribution is 2.57. The second-order valence-corrected chi connectivity index (χ2v) is 7.09. The number of carboxylic acid groups (broad SMARTS) is 1. The van der Waals surface area contributed by atoms with Crippen LogP contribution >= 0.6 is 0 Å². The van der Waals surface area contributed by atoms with Gasteiger partial charge in [-0.2, -0.15) is 0 Å². The van der Waals surface area contributed by atoms with E-state index < -0.39 is 5.97 Å². The first-order valence-electron chi connectivity index (χ1n) is 6.93. The minimum absolute atomic E-state index is 0.0692. The molecule has 1 heterocycles. The van der Waals surface area contributed by atoms with Gasteiger partial charge < -0.3 is 9.84 Å². The molecule has 2 bridgehead atoms. The Morgan fingerprint density at radius 3 is 2.74 bits per heavy atom. The number of carbonyl (C=O) groups excluding carboxylic acids is 1. The van der Waals surface area contributed by atoms with Gasteiger partial charge in [-0.1, -0.05) is 26.0 Å². The normalized spacial score (nSPS) is 42.6. The van der Waals surface area contributed by atoms with Crippen LogP contribution in [-0.4, -0.2) is 23.1 Å². The van der Waals surface area contributed by atoms with Crippen molar-refractivity contribution in [2.45, 2.75) is 45.6 Å². The van der Waals surface area contributed by atoms with E-state index in [9.17, 15) is 14.7 Å². The summed E-state index contributed by atoms with van der Waals surface area (Å²) in [6, 6.07) is 0. The molecule has 0 radical (unpaired) electrons. The zero-order valence-electron chi connectivity index (χ0n) is 11.4. The minimum atomic E-state index is -0.695. The number of carbonyl (C=O) groups is 2. The largest absolute Gasteiger partial charge is 0.481 e. The van der Waals surface area contributed by atoms with Crippen molar-refractivity contribution in [1.29, 1.82) is 0 Å². The van der Waals surface area contributed by atoms with Crippen LogP contribution in [0.2, 0.25) is 0 Å². The molecule has 3 aliphatic rings. The predicted octanol–water partition coefficient (Wildman–Crippen LogP) is 2.39. The van der Waals surface area contributed by atoms with Crippen LogP contribution in [-0.2, 0) is 14.3 Å². The Balaban J connectivity index is 1.76. The summed E-state index contributed by atoms with van der Waals surface area (Å²) < 4.78 is 5.46. The van der Waals surface area contributed by atoms with E-state index in [2.05, 4.69) is 19.9 Å². The van der Waals surface area contributed by atoms with Gasteiger partial charge in [-0.05, 0) is 30.6 Å². The molecule has 4 atom stereocenters. The number of hydrogen-bond acceptors (Lipinski definition) is 3. The van der Waals surface area contributed by atoms with Crippen LogP contribution in [0.5, 0.6) is 0 Å². The molecule has 0 spiro atoms. The van der Waals surface area contributed by atoms with E-state index in [0.29, 0.717) is 12.8 Å². The van der Waals surface area contributed by atoms with Crippen molar-refractivity contribution in [2.24, 2.45) is 22.7 Å². The van der Waals surface area contributed by atoms with Gasteiger partial charge in [0, 0.05) is 5.41 Å². The summed E-state index contributed by atoms with van der Waals surface area (Å²) in [6.07, 6.45) is 6.94. The Morgan fingerprint density at radius 2 is 2.21 bits per heavy atom. The Bertz CT molecular complexity index is 465. The van der Waals surface area contributed by atoms with E-state index in [-0.39, 0.29) is 34.7 Å². The number of cyclic esters (lactones) is 1. The van der Waals surface area contributed by atoms with Crippen LogP contribution in [0.4, 0.5) is 0 Å². The molecule has 0 aromatic rings. The smallest absolute Gasteiger partial charge is 0.307 e. The van der Waals surface area contributed by atoms with E-state index in [4.69, 9.17) is 4.74 Å². The molecule has 2 aliphatic carbocycles. The van der Waals surface area contributed by atoms with Gasteiger partial charge in [-0.25, -0.2) is 0 Å². The minimum Gasteiger partial charge on any atom is -0.481 e. The fourth-order valence-electron chi connectivity index (χ4n) is 3.99.